The molecule has 0 bridgehead atoms. The van der Waals surface area contributed by atoms with Crippen LogP contribution in [-0.4, -0.2) is 56.5 Å². The number of hydrogen-bond donors (Lipinski definition) is 1. The van der Waals surface area contributed by atoms with Gasteiger partial charge in [-0.3, -0.25) is 42.2 Å². The lowest BCUT2D eigenvalue weighted by Crippen LogP contribution is -2.39. The van der Waals surface area contributed by atoms with E-state index in [4.69, 9.17) is 0 Å². The van der Waals surface area contributed by atoms with Crippen LogP contribution in [-0.2, 0) is 54.4 Å². The number of aromatic amines is 1. The maximum atomic E-state index is 12.6. The van der Waals surface area contributed by atoms with Crippen molar-refractivity contribution in [3.63, 3.8) is 0 Å². The maximum Gasteiger partial charge on any atom is 0.332 e. The minimum atomic E-state index is -0.441. The summed E-state index contributed by atoms with van der Waals surface area (Å²) in [5, 5.41) is 0. The summed E-state index contributed by atoms with van der Waals surface area (Å²) in [4.78, 5) is 87.7. The average Bonchev–Trinajstić information content (AvgIpc) is 3.86. The van der Waals surface area contributed by atoms with Crippen LogP contribution in [0.2, 0.25) is 0 Å². The molecule has 0 atom stereocenters. The van der Waals surface area contributed by atoms with Gasteiger partial charge < -0.3 is 13.7 Å². The quantitative estimate of drug-likeness (QED) is 0.272. The van der Waals surface area contributed by atoms with Crippen LogP contribution < -0.4 is 33.7 Å². The molecule has 59 heavy (non-hydrogen) atoms. The van der Waals surface area contributed by atoms with Crippen molar-refractivity contribution >= 4 is 33.5 Å². The van der Waals surface area contributed by atoms with Crippen molar-refractivity contribution in [3.05, 3.63) is 117 Å². The van der Waals surface area contributed by atoms with E-state index in [1.807, 2.05) is 39.5 Å². The molecule has 0 saturated carbocycles. The molecular formula is C41H56N12O6. The number of benzene rings is 1. The molecule has 0 aliphatic carbocycles. The summed E-state index contributed by atoms with van der Waals surface area (Å²) >= 11 is 0. The van der Waals surface area contributed by atoms with Crippen molar-refractivity contribution in [2.45, 2.75) is 88.5 Å². The van der Waals surface area contributed by atoms with Gasteiger partial charge in [-0.15, -0.1) is 0 Å². The Labute approximate surface area is 339 Å². The molecule has 316 valence electrons. The molecule has 0 spiro atoms. The predicted molar refractivity (Wildman–Crippen MR) is 229 cm³/mol. The van der Waals surface area contributed by atoms with Gasteiger partial charge in [0.05, 0.1) is 25.5 Å². The Morgan fingerprint density at radius 3 is 1.44 bits per heavy atom. The van der Waals surface area contributed by atoms with E-state index in [1.165, 1.54) is 25.7 Å². The number of hydrogen-bond acceptors (Lipinski definition) is 9. The highest BCUT2D eigenvalue weighted by Gasteiger charge is 2.21. The van der Waals surface area contributed by atoms with Gasteiger partial charge in [0.1, 0.15) is 0 Å². The van der Waals surface area contributed by atoms with Gasteiger partial charge in [0.2, 0.25) is 0 Å². The van der Waals surface area contributed by atoms with Crippen molar-refractivity contribution in [3.8, 4) is 0 Å². The minimum Gasteiger partial charge on any atom is -0.324 e. The number of rotatable bonds is 5. The molecule has 7 rings (SSSR count). The first-order valence-corrected chi connectivity index (χ1v) is 19.2. The van der Waals surface area contributed by atoms with Crippen LogP contribution in [0.25, 0.3) is 33.5 Å². The summed E-state index contributed by atoms with van der Waals surface area (Å²) < 4.78 is 11.7. The van der Waals surface area contributed by atoms with Crippen molar-refractivity contribution in [2.24, 2.45) is 44.4 Å². The fourth-order valence-corrected chi connectivity index (χ4v) is 6.64. The van der Waals surface area contributed by atoms with E-state index in [-0.39, 0.29) is 44.3 Å². The third-order valence-electron chi connectivity index (χ3n) is 9.31. The second kappa shape index (κ2) is 16.1. The van der Waals surface area contributed by atoms with E-state index in [0.717, 1.165) is 19.3 Å². The highest BCUT2D eigenvalue weighted by Crippen LogP contribution is 2.21. The SMILES string of the molecule is Cn1c(=O)[nH]c2ncn(CC(C)(C)C)c2c1=O.Cn1c(=O)c2c(ncn2CC(C)(C)C)n(C)c1=O.Cn1c(=O)c2c(ncn2CC(C)(C)C)n(Cc2ccccc2)c1=O. The molecule has 0 saturated heterocycles. The molecule has 0 radical (unpaired) electrons. The van der Waals surface area contributed by atoms with Gasteiger partial charge in [-0.1, -0.05) is 92.6 Å². The van der Waals surface area contributed by atoms with E-state index in [2.05, 4.69) is 82.2 Å². The van der Waals surface area contributed by atoms with Gasteiger partial charge in [0.25, 0.3) is 16.7 Å². The zero-order chi connectivity index (χ0) is 43.9. The zero-order valence-corrected chi connectivity index (χ0v) is 36.3. The van der Waals surface area contributed by atoms with Crippen LogP contribution >= 0.6 is 0 Å². The smallest absolute Gasteiger partial charge is 0.324 e. The maximum absolute atomic E-state index is 12.6. The van der Waals surface area contributed by atoms with Crippen LogP contribution in [0.15, 0.2) is 78.1 Å². The first-order valence-electron chi connectivity index (χ1n) is 19.2. The average molecular weight is 813 g/mol. The van der Waals surface area contributed by atoms with Crippen LogP contribution in [0.5, 0.6) is 0 Å². The summed E-state index contributed by atoms with van der Waals surface area (Å²) in [6.45, 7) is 21.2. The molecular weight excluding hydrogens is 757 g/mol. The molecule has 18 heteroatoms. The van der Waals surface area contributed by atoms with Crippen LogP contribution in [0.4, 0.5) is 0 Å². The Balaban J connectivity index is 0.000000172. The van der Waals surface area contributed by atoms with E-state index in [9.17, 15) is 28.8 Å². The molecule has 1 aromatic carbocycles. The second-order valence-electron chi connectivity index (χ2n) is 18.6. The number of aryl methyl sites for hydroxylation is 1. The molecule has 1 N–H and O–H groups in total. The number of fused-ring (bicyclic) bond motifs is 3. The molecule has 6 aromatic heterocycles. The largest absolute Gasteiger partial charge is 0.332 e. The molecule has 0 aliphatic rings. The molecule has 7 aromatic rings. The van der Waals surface area contributed by atoms with Crippen molar-refractivity contribution < 1.29 is 0 Å². The normalized spacial score (nSPS) is 12.2. The van der Waals surface area contributed by atoms with E-state index < -0.39 is 5.69 Å². The summed E-state index contributed by atoms with van der Waals surface area (Å²) in [7, 11) is 6.08. The number of nitrogens with one attached hydrogen (secondary N) is 1. The fraction of sp³-hybridized carbons (Fsp3) is 0.488. The van der Waals surface area contributed by atoms with Gasteiger partial charge in [-0.05, 0) is 21.8 Å². The standard InChI is InChI=1S/C18H22N4O2.C12H18N4O2.C11H16N4O2/c1-18(2,3)11-21-12-19-15-14(21)16(23)20(4)17(24)22(15)10-13-8-6-5-7-9-13;1-12(2,3)6-16-7-13-9-8(16)10(17)15(5)11(18)14(9)4;1-11(2,3)5-15-6-12-8-7(15)9(16)14(4)10(17)13-8/h5-9,12H,10-11H2,1-4H3;7H,6H2,1-5H3;6H,5H2,1-4H3,(H,13,17). The van der Waals surface area contributed by atoms with E-state index >= 15 is 0 Å². The lowest BCUT2D eigenvalue weighted by molar-refractivity contribution is 0.347. The number of imidazole rings is 3. The van der Waals surface area contributed by atoms with Gasteiger partial charge in [-0.25, -0.2) is 29.3 Å². The first-order chi connectivity index (χ1) is 27.3. The molecule has 0 amide bonds. The molecule has 0 aliphatic heterocycles. The molecule has 0 fully saturated rings. The van der Waals surface area contributed by atoms with Crippen molar-refractivity contribution in [2.75, 3.05) is 0 Å². The van der Waals surface area contributed by atoms with Crippen LogP contribution in [0, 0.1) is 16.2 Å². The first kappa shape index (κ1) is 43.8. The number of aromatic nitrogens is 12. The van der Waals surface area contributed by atoms with Gasteiger partial charge in [0.15, 0.2) is 33.5 Å². The Morgan fingerprint density at radius 1 is 0.508 bits per heavy atom. The monoisotopic (exact) mass is 812 g/mol. The third-order valence-corrected chi connectivity index (χ3v) is 9.31. The van der Waals surface area contributed by atoms with Gasteiger partial charge in [0, 0.05) is 47.8 Å². The predicted octanol–water partition coefficient (Wildman–Crippen LogP) is 2.94. The number of H-pyrrole nitrogens is 1. The second-order valence-corrected chi connectivity index (χ2v) is 18.6. The molecule has 6 heterocycles. The third kappa shape index (κ3) is 9.53. The topological polar surface area (TPSA) is 196 Å². The summed E-state index contributed by atoms with van der Waals surface area (Å²) in [5.41, 5.74) is 1.63. The van der Waals surface area contributed by atoms with Gasteiger partial charge in [-0.2, -0.15) is 0 Å². The summed E-state index contributed by atoms with van der Waals surface area (Å²) in [5.74, 6) is 0. The fourth-order valence-electron chi connectivity index (χ4n) is 6.64. The Morgan fingerprint density at radius 2 is 0.932 bits per heavy atom. The van der Waals surface area contributed by atoms with E-state index in [0.29, 0.717) is 59.7 Å². The Hall–Kier alpha value is -6.33. The highest BCUT2D eigenvalue weighted by atomic mass is 16.2. The zero-order valence-electron chi connectivity index (χ0n) is 36.3. The van der Waals surface area contributed by atoms with Crippen LogP contribution in [0.3, 0.4) is 0 Å². The number of nitrogens with zero attached hydrogens (tertiary/aromatic N) is 11. The molecule has 18 nitrogen and oxygen atoms in total. The summed E-state index contributed by atoms with van der Waals surface area (Å²) in [6.07, 6.45) is 4.86. The minimum absolute atomic E-state index is 0.000955. The summed E-state index contributed by atoms with van der Waals surface area (Å²) in [6, 6.07) is 9.70. The Kier molecular flexibility index (Phi) is 12.0. The van der Waals surface area contributed by atoms with Crippen molar-refractivity contribution in [1.82, 2.24) is 56.5 Å². The Bertz CT molecular complexity index is 3020. The lowest BCUT2D eigenvalue weighted by Gasteiger charge is -2.19. The van der Waals surface area contributed by atoms with Gasteiger partial charge >= 0.3 is 17.1 Å². The molecule has 0 unspecified atom stereocenters. The van der Waals surface area contributed by atoms with Crippen LogP contribution in [0.1, 0.15) is 67.9 Å². The lowest BCUT2D eigenvalue weighted by atomic mass is 9.97. The highest BCUT2D eigenvalue weighted by molar-refractivity contribution is 5.71. The van der Waals surface area contributed by atoms with E-state index in [1.54, 1.807) is 35.2 Å². The van der Waals surface area contributed by atoms with Crippen molar-refractivity contribution in [1.29, 1.82) is 0 Å².